The van der Waals surface area contributed by atoms with Crippen LogP contribution in [0.25, 0.3) is 11.0 Å². The second-order valence-corrected chi connectivity index (χ2v) is 5.36. The van der Waals surface area contributed by atoms with E-state index in [0.717, 1.165) is 29.5 Å². The van der Waals surface area contributed by atoms with E-state index in [1.54, 1.807) is 0 Å². The second kappa shape index (κ2) is 6.66. The van der Waals surface area contributed by atoms with Gasteiger partial charge >= 0.3 is 0 Å². The molecule has 124 valence electrons. The van der Waals surface area contributed by atoms with Gasteiger partial charge in [0.1, 0.15) is 17.3 Å². The van der Waals surface area contributed by atoms with Crippen LogP contribution in [0.5, 0.6) is 0 Å². The third kappa shape index (κ3) is 3.05. The molecule has 7 heteroatoms. The Morgan fingerprint density at radius 2 is 2.08 bits per heavy atom. The van der Waals surface area contributed by atoms with Crippen LogP contribution in [-0.2, 0) is 13.0 Å². The number of fused-ring (bicyclic) bond motifs is 1. The van der Waals surface area contributed by atoms with Crippen molar-refractivity contribution in [2.24, 2.45) is 0 Å². The van der Waals surface area contributed by atoms with Gasteiger partial charge in [-0.05, 0) is 31.2 Å². The molecule has 0 aliphatic rings. The number of nitrogens with one attached hydrogen (secondary N) is 1. The molecule has 3 rings (SSSR count). The highest BCUT2D eigenvalue weighted by Gasteiger charge is 2.15. The van der Waals surface area contributed by atoms with Crippen LogP contribution in [0.4, 0.5) is 15.8 Å². The van der Waals surface area contributed by atoms with E-state index in [-0.39, 0.29) is 5.69 Å². The first-order valence-corrected chi connectivity index (χ1v) is 7.72. The summed E-state index contributed by atoms with van der Waals surface area (Å²) in [6, 6.07) is 11.4. The number of rotatable bonds is 6. The standard InChI is InChI=1S/C17H17FN4O2/c1-2-21-15-6-4-3-5-14(15)20-17(21)9-10-19-13-8-7-12(18)11-16(13)22(23)24/h3-8,11,19H,2,9-10H2,1H3. The van der Waals surface area contributed by atoms with E-state index < -0.39 is 10.7 Å². The maximum Gasteiger partial charge on any atom is 0.295 e. The number of nitro benzene ring substituents is 1. The molecule has 0 radical (unpaired) electrons. The Balaban J connectivity index is 1.77. The maximum atomic E-state index is 13.2. The Kier molecular flexibility index (Phi) is 4.41. The Labute approximate surface area is 138 Å². The average molecular weight is 328 g/mol. The van der Waals surface area contributed by atoms with Crippen molar-refractivity contribution in [3.63, 3.8) is 0 Å². The lowest BCUT2D eigenvalue weighted by molar-refractivity contribution is -0.384. The molecule has 0 fully saturated rings. The molecule has 0 saturated heterocycles. The fourth-order valence-corrected chi connectivity index (χ4v) is 2.78. The van der Waals surface area contributed by atoms with Crippen molar-refractivity contribution in [1.82, 2.24) is 9.55 Å². The summed E-state index contributed by atoms with van der Waals surface area (Å²) in [5.41, 5.74) is 2.05. The van der Waals surface area contributed by atoms with Crippen molar-refractivity contribution >= 4 is 22.4 Å². The molecule has 0 unspecified atom stereocenters. The highest BCUT2D eigenvalue weighted by molar-refractivity contribution is 5.75. The number of nitro groups is 1. The number of imidazole rings is 1. The minimum atomic E-state index is -0.625. The number of aryl methyl sites for hydroxylation is 1. The number of anilines is 1. The highest BCUT2D eigenvalue weighted by atomic mass is 19.1. The fourth-order valence-electron chi connectivity index (χ4n) is 2.78. The molecule has 0 aliphatic heterocycles. The summed E-state index contributed by atoms with van der Waals surface area (Å²) in [6.07, 6.45) is 0.608. The fraction of sp³-hybridized carbons (Fsp3) is 0.235. The van der Waals surface area contributed by atoms with Crippen LogP contribution in [0.1, 0.15) is 12.7 Å². The number of hydrogen-bond donors (Lipinski definition) is 1. The zero-order valence-corrected chi connectivity index (χ0v) is 13.2. The van der Waals surface area contributed by atoms with E-state index in [9.17, 15) is 14.5 Å². The first kappa shape index (κ1) is 15.9. The van der Waals surface area contributed by atoms with Crippen LogP contribution >= 0.6 is 0 Å². The van der Waals surface area contributed by atoms with Gasteiger partial charge in [0.2, 0.25) is 0 Å². The Morgan fingerprint density at radius 3 is 2.83 bits per heavy atom. The first-order valence-electron chi connectivity index (χ1n) is 7.72. The smallest absolute Gasteiger partial charge is 0.295 e. The molecular formula is C17H17FN4O2. The molecule has 3 aromatic rings. The summed E-state index contributed by atoms with van der Waals surface area (Å²) < 4.78 is 15.3. The zero-order chi connectivity index (χ0) is 17.1. The molecule has 0 saturated carbocycles. The maximum absolute atomic E-state index is 13.2. The second-order valence-electron chi connectivity index (χ2n) is 5.36. The molecule has 0 aliphatic carbocycles. The summed E-state index contributed by atoms with van der Waals surface area (Å²) in [6.45, 7) is 3.32. The van der Waals surface area contributed by atoms with Gasteiger partial charge in [0.25, 0.3) is 5.69 Å². The molecule has 0 spiro atoms. The summed E-state index contributed by atoms with van der Waals surface area (Å²) >= 11 is 0. The molecule has 1 N–H and O–H groups in total. The van der Waals surface area contributed by atoms with Crippen molar-refractivity contribution in [1.29, 1.82) is 0 Å². The number of hydrogen-bond acceptors (Lipinski definition) is 4. The van der Waals surface area contributed by atoms with E-state index in [4.69, 9.17) is 0 Å². The van der Waals surface area contributed by atoms with Crippen LogP contribution in [0.15, 0.2) is 42.5 Å². The summed E-state index contributed by atoms with van der Waals surface area (Å²) in [4.78, 5) is 15.0. The third-order valence-electron chi connectivity index (χ3n) is 3.87. The van der Waals surface area contributed by atoms with E-state index >= 15 is 0 Å². The van der Waals surface area contributed by atoms with Crippen LogP contribution in [0.2, 0.25) is 0 Å². The van der Waals surface area contributed by atoms with Gasteiger partial charge in [-0.1, -0.05) is 12.1 Å². The van der Waals surface area contributed by atoms with Gasteiger partial charge in [-0.3, -0.25) is 10.1 Å². The molecule has 24 heavy (non-hydrogen) atoms. The van der Waals surface area contributed by atoms with Crippen molar-refractivity contribution in [3.8, 4) is 0 Å². The van der Waals surface area contributed by atoms with Crippen LogP contribution < -0.4 is 5.32 Å². The molecule has 1 heterocycles. The lowest BCUT2D eigenvalue weighted by atomic mass is 10.2. The number of halogens is 1. The zero-order valence-electron chi connectivity index (χ0n) is 13.2. The van der Waals surface area contributed by atoms with Gasteiger partial charge in [-0.2, -0.15) is 0 Å². The quantitative estimate of drug-likeness (QED) is 0.552. The Bertz CT molecular complexity index is 891. The molecule has 2 aromatic carbocycles. The molecule has 0 amide bonds. The van der Waals surface area contributed by atoms with Crippen LogP contribution in [-0.4, -0.2) is 21.0 Å². The van der Waals surface area contributed by atoms with Crippen molar-refractivity contribution in [2.45, 2.75) is 19.9 Å². The molecule has 1 aromatic heterocycles. The normalized spacial score (nSPS) is 10.9. The summed E-state index contributed by atoms with van der Waals surface area (Å²) in [5, 5.41) is 14.0. The number of benzene rings is 2. The predicted molar refractivity (Wildman–Crippen MR) is 90.7 cm³/mol. The largest absolute Gasteiger partial charge is 0.379 e. The number of para-hydroxylation sites is 2. The average Bonchev–Trinajstić information content (AvgIpc) is 2.93. The minimum Gasteiger partial charge on any atom is -0.379 e. The van der Waals surface area contributed by atoms with Crippen LogP contribution in [0.3, 0.4) is 0 Å². The van der Waals surface area contributed by atoms with E-state index in [2.05, 4.69) is 21.8 Å². The first-order chi connectivity index (χ1) is 11.6. The van der Waals surface area contributed by atoms with E-state index in [0.29, 0.717) is 18.7 Å². The lowest BCUT2D eigenvalue weighted by Gasteiger charge is -2.09. The van der Waals surface area contributed by atoms with E-state index in [1.807, 2.05) is 24.3 Å². The van der Waals surface area contributed by atoms with Gasteiger partial charge in [-0.25, -0.2) is 9.37 Å². The molecule has 0 atom stereocenters. The van der Waals surface area contributed by atoms with E-state index in [1.165, 1.54) is 12.1 Å². The van der Waals surface area contributed by atoms with Gasteiger partial charge in [-0.15, -0.1) is 0 Å². The summed E-state index contributed by atoms with van der Waals surface area (Å²) in [5.74, 6) is 0.288. The Morgan fingerprint density at radius 1 is 1.29 bits per heavy atom. The van der Waals surface area contributed by atoms with Crippen molar-refractivity contribution < 1.29 is 9.31 Å². The summed E-state index contributed by atoms with van der Waals surface area (Å²) in [7, 11) is 0. The SMILES string of the molecule is CCn1c(CCNc2ccc(F)cc2[N+](=O)[O-])nc2ccccc21. The predicted octanol–water partition coefficient (Wildman–Crippen LogP) is 3.76. The molecule has 6 nitrogen and oxygen atoms in total. The van der Waals surface area contributed by atoms with Gasteiger partial charge in [0, 0.05) is 19.5 Å². The van der Waals surface area contributed by atoms with Crippen molar-refractivity contribution in [3.05, 3.63) is 64.2 Å². The highest BCUT2D eigenvalue weighted by Crippen LogP contribution is 2.25. The Hall–Kier alpha value is -2.96. The monoisotopic (exact) mass is 328 g/mol. The van der Waals surface area contributed by atoms with Gasteiger partial charge < -0.3 is 9.88 Å². The lowest BCUT2D eigenvalue weighted by Crippen LogP contribution is -2.11. The van der Waals surface area contributed by atoms with Gasteiger partial charge in [0.15, 0.2) is 0 Å². The third-order valence-corrected chi connectivity index (χ3v) is 3.87. The van der Waals surface area contributed by atoms with Crippen LogP contribution in [0, 0.1) is 15.9 Å². The molecule has 0 bridgehead atoms. The number of nitrogens with zero attached hydrogens (tertiary/aromatic N) is 3. The number of aromatic nitrogens is 2. The molecular weight excluding hydrogens is 311 g/mol. The minimum absolute atomic E-state index is 0.265. The van der Waals surface area contributed by atoms with Gasteiger partial charge in [0.05, 0.1) is 22.0 Å². The van der Waals surface area contributed by atoms with Crippen molar-refractivity contribution in [2.75, 3.05) is 11.9 Å². The topological polar surface area (TPSA) is 73.0 Å².